The van der Waals surface area contributed by atoms with E-state index in [0.29, 0.717) is 11.3 Å². The Bertz CT molecular complexity index is 629. The predicted octanol–water partition coefficient (Wildman–Crippen LogP) is 3.53. The van der Waals surface area contributed by atoms with Crippen molar-refractivity contribution in [3.05, 3.63) is 23.8 Å². The summed E-state index contributed by atoms with van der Waals surface area (Å²) in [5, 5.41) is 9.76. The Hall–Kier alpha value is -2.24. The fraction of sp³-hybridized carbons (Fsp3) is 0.619. The van der Waals surface area contributed by atoms with E-state index in [1.54, 1.807) is 12.1 Å². The first-order valence-corrected chi connectivity index (χ1v) is 9.83. The molecule has 0 aromatic heterocycles. The summed E-state index contributed by atoms with van der Waals surface area (Å²) >= 11 is 0. The van der Waals surface area contributed by atoms with Gasteiger partial charge in [-0.15, -0.1) is 0 Å². The number of aromatic hydroxyl groups is 1. The summed E-state index contributed by atoms with van der Waals surface area (Å²) < 4.78 is 16.3. The summed E-state index contributed by atoms with van der Waals surface area (Å²) in [7, 11) is 1.46. The lowest BCUT2D eigenvalue weighted by Crippen LogP contribution is -2.33. The van der Waals surface area contributed by atoms with E-state index < -0.39 is 17.9 Å². The molecule has 3 rings (SSSR count). The number of phenols is 1. The molecular weight excluding hydrogens is 348 g/mol. The molecular formula is C21H28O6. The van der Waals surface area contributed by atoms with Gasteiger partial charge in [0.15, 0.2) is 17.4 Å². The third-order valence-electron chi connectivity index (χ3n) is 5.42. The Balaban J connectivity index is 1.73. The zero-order valence-electron chi connectivity index (χ0n) is 15.8. The molecule has 2 aliphatic rings. The molecule has 1 aromatic carbocycles. The van der Waals surface area contributed by atoms with E-state index >= 15 is 0 Å². The number of methoxy groups -OCH3 is 1. The molecule has 1 aromatic rings. The van der Waals surface area contributed by atoms with Crippen molar-refractivity contribution >= 4 is 11.9 Å². The molecule has 0 atom stereocenters. The largest absolute Gasteiger partial charge is 0.504 e. The number of benzene rings is 1. The van der Waals surface area contributed by atoms with E-state index in [9.17, 15) is 14.7 Å². The minimum absolute atomic E-state index is 0.0138. The molecule has 27 heavy (non-hydrogen) atoms. The Kier molecular flexibility index (Phi) is 6.58. The topological polar surface area (TPSA) is 82.1 Å². The predicted molar refractivity (Wildman–Crippen MR) is 98.5 cm³/mol. The molecule has 0 spiro atoms. The van der Waals surface area contributed by atoms with Gasteiger partial charge in [-0.05, 0) is 75.5 Å². The van der Waals surface area contributed by atoms with E-state index in [1.165, 1.54) is 13.2 Å². The van der Waals surface area contributed by atoms with Gasteiger partial charge < -0.3 is 19.3 Å². The maximum Gasteiger partial charge on any atom is 0.320 e. The molecule has 0 radical (unpaired) electrons. The maximum absolute atomic E-state index is 12.7. The van der Waals surface area contributed by atoms with Crippen molar-refractivity contribution in [2.45, 2.75) is 70.0 Å². The van der Waals surface area contributed by atoms with Gasteiger partial charge >= 0.3 is 11.9 Å². The van der Waals surface area contributed by atoms with Crippen LogP contribution in [0.1, 0.15) is 56.9 Å². The van der Waals surface area contributed by atoms with Crippen LogP contribution in [0.4, 0.5) is 0 Å². The van der Waals surface area contributed by atoms with Gasteiger partial charge in [-0.1, -0.05) is 6.07 Å². The van der Waals surface area contributed by atoms with Gasteiger partial charge in [0.05, 0.1) is 7.11 Å². The summed E-state index contributed by atoms with van der Waals surface area (Å²) in [5.41, 5.74) is 0.710. The van der Waals surface area contributed by atoms with E-state index in [2.05, 4.69) is 0 Å². The summed E-state index contributed by atoms with van der Waals surface area (Å²) in [6.45, 7) is 0. The Labute approximate surface area is 159 Å². The molecule has 0 heterocycles. The summed E-state index contributed by atoms with van der Waals surface area (Å²) in [6, 6.07) is 4.81. The highest BCUT2D eigenvalue weighted by Crippen LogP contribution is 2.29. The van der Waals surface area contributed by atoms with E-state index in [0.717, 1.165) is 51.4 Å². The van der Waals surface area contributed by atoms with Gasteiger partial charge in [0.2, 0.25) is 0 Å². The average Bonchev–Trinajstić information content (AvgIpc) is 3.34. The van der Waals surface area contributed by atoms with Crippen molar-refractivity contribution in [3.63, 3.8) is 0 Å². The highest BCUT2D eigenvalue weighted by atomic mass is 16.6. The normalized spacial score (nSPS) is 18.0. The van der Waals surface area contributed by atoms with Crippen LogP contribution in [0, 0.1) is 5.92 Å². The fourth-order valence-electron chi connectivity index (χ4n) is 3.85. The fourth-order valence-corrected chi connectivity index (χ4v) is 3.85. The van der Waals surface area contributed by atoms with Crippen LogP contribution in [0.25, 0.3) is 0 Å². The molecule has 1 N–H and O–H groups in total. The third-order valence-corrected chi connectivity index (χ3v) is 5.42. The monoisotopic (exact) mass is 376 g/mol. The first-order chi connectivity index (χ1) is 13.1. The van der Waals surface area contributed by atoms with Gasteiger partial charge in [-0.2, -0.15) is 0 Å². The molecule has 6 heteroatoms. The van der Waals surface area contributed by atoms with Crippen LogP contribution in [0.2, 0.25) is 0 Å². The van der Waals surface area contributed by atoms with Crippen LogP contribution in [0.3, 0.4) is 0 Å². The van der Waals surface area contributed by atoms with Gasteiger partial charge in [0, 0.05) is 0 Å². The zero-order chi connectivity index (χ0) is 19.2. The van der Waals surface area contributed by atoms with E-state index in [-0.39, 0.29) is 24.4 Å². The summed E-state index contributed by atoms with van der Waals surface area (Å²) in [6.07, 6.45) is 7.54. The lowest BCUT2D eigenvalue weighted by molar-refractivity contribution is -0.167. The van der Waals surface area contributed by atoms with Crippen molar-refractivity contribution in [1.82, 2.24) is 0 Å². The lowest BCUT2D eigenvalue weighted by Gasteiger charge is -2.20. The van der Waals surface area contributed by atoms with Gasteiger partial charge in [0.1, 0.15) is 12.2 Å². The standard InChI is InChI=1S/C21H28O6/c1-25-19-13-14(10-11-18(19)22)12-17(20(23)26-15-6-2-3-7-15)21(24)27-16-8-4-5-9-16/h10-11,13,15-17,22H,2-9,12H2,1H3. The number of hydrogen-bond donors (Lipinski definition) is 1. The average molecular weight is 376 g/mol. The van der Waals surface area contributed by atoms with Crippen LogP contribution < -0.4 is 4.74 Å². The molecule has 0 aliphatic heterocycles. The zero-order valence-corrected chi connectivity index (χ0v) is 15.8. The third kappa shape index (κ3) is 5.15. The summed E-state index contributed by atoms with van der Waals surface area (Å²) in [4.78, 5) is 25.5. The smallest absolute Gasteiger partial charge is 0.320 e. The van der Waals surface area contributed by atoms with Crippen LogP contribution >= 0.6 is 0 Å². The molecule has 6 nitrogen and oxygen atoms in total. The Morgan fingerprint density at radius 2 is 1.52 bits per heavy atom. The van der Waals surface area contributed by atoms with E-state index in [1.807, 2.05) is 0 Å². The van der Waals surface area contributed by atoms with Gasteiger partial charge in [0.25, 0.3) is 0 Å². The number of hydrogen-bond acceptors (Lipinski definition) is 6. The van der Waals surface area contributed by atoms with Crippen molar-refractivity contribution in [2.75, 3.05) is 7.11 Å². The first-order valence-electron chi connectivity index (χ1n) is 9.83. The van der Waals surface area contributed by atoms with Crippen LogP contribution in [-0.2, 0) is 25.5 Å². The molecule has 0 unspecified atom stereocenters. The second-order valence-electron chi connectivity index (χ2n) is 7.45. The SMILES string of the molecule is COc1cc(CC(C(=O)OC2CCCC2)C(=O)OC2CCCC2)ccc1O. The maximum atomic E-state index is 12.7. The van der Waals surface area contributed by atoms with Crippen LogP contribution in [0.5, 0.6) is 11.5 Å². The highest BCUT2D eigenvalue weighted by molar-refractivity contribution is 5.95. The second kappa shape index (κ2) is 9.11. The lowest BCUT2D eigenvalue weighted by atomic mass is 9.98. The molecule has 2 fully saturated rings. The minimum atomic E-state index is -1.000. The highest BCUT2D eigenvalue weighted by Gasteiger charge is 2.34. The molecule has 0 amide bonds. The number of ether oxygens (including phenoxy) is 3. The summed E-state index contributed by atoms with van der Waals surface area (Å²) in [5.74, 6) is -1.71. The number of esters is 2. The van der Waals surface area contributed by atoms with Crippen LogP contribution in [0.15, 0.2) is 18.2 Å². The van der Waals surface area contributed by atoms with Crippen molar-refractivity contribution in [1.29, 1.82) is 0 Å². The van der Waals surface area contributed by atoms with Crippen molar-refractivity contribution in [3.8, 4) is 11.5 Å². The second-order valence-corrected chi connectivity index (χ2v) is 7.45. The molecule has 148 valence electrons. The molecule has 0 saturated heterocycles. The number of carbonyl (C=O) groups excluding carboxylic acids is 2. The quantitative estimate of drug-likeness (QED) is 0.579. The van der Waals surface area contributed by atoms with Crippen molar-refractivity contribution < 1.29 is 28.9 Å². The molecule has 2 saturated carbocycles. The van der Waals surface area contributed by atoms with E-state index in [4.69, 9.17) is 14.2 Å². The van der Waals surface area contributed by atoms with Gasteiger partial charge in [-0.3, -0.25) is 9.59 Å². The van der Waals surface area contributed by atoms with Crippen LogP contribution in [-0.4, -0.2) is 36.4 Å². The molecule has 2 aliphatic carbocycles. The minimum Gasteiger partial charge on any atom is -0.504 e. The number of rotatable bonds is 7. The number of carbonyl (C=O) groups is 2. The Morgan fingerprint density at radius 3 is 2.00 bits per heavy atom. The first kappa shape index (κ1) is 19.5. The van der Waals surface area contributed by atoms with Gasteiger partial charge in [-0.25, -0.2) is 0 Å². The van der Waals surface area contributed by atoms with Crippen molar-refractivity contribution in [2.24, 2.45) is 5.92 Å². The molecule has 0 bridgehead atoms. The Morgan fingerprint density at radius 1 is 1.00 bits per heavy atom. The number of phenolic OH excluding ortho intramolecular Hbond substituents is 1.